The summed E-state index contributed by atoms with van der Waals surface area (Å²) in [5, 5.41) is 22.1. The van der Waals surface area contributed by atoms with Crippen molar-refractivity contribution in [1.29, 1.82) is 0 Å². The van der Waals surface area contributed by atoms with E-state index in [1.165, 1.54) is 0 Å². The molecule has 1 aromatic rings. The summed E-state index contributed by atoms with van der Waals surface area (Å²) in [5.41, 5.74) is 2.14. The largest absolute Gasteiger partial charge is 0.413 e. The topological polar surface area (TPSA) is 86.6 Å². The molecule has 0 saturated carbocycles. The van der Waals surface area contributed by atoms with Crippen LogP contribution >= 0.6 is 0 Å². The SMILES string of the molecule is CC(C)[Si](OC[C@@H](O)[C@@H](O)[C@H]1O[C@@H]2OC(C)(C)O[C@@H]2[C@H]1OCc1ccccc1)(C(C)C)C(C)C. The molecule has 1 aromatic carbocycles. The highest BCUT2D eigenvalue weighted by Gasteiger charge is 2.58. The lowest BCUT2D eigenvalue weighted by Crippen LogP contribution is -2.52. The molecule has 2 fully saturated rings. The van der Waals surface area contributed by atoms with Crippen LogP contribution in [0.3, 0.4) is 0 Å². The van der Waals surface area contributed by atoms with Crippen LogP contribution in [0.1, 0.15) is 61.0 Å². The Balaban J connectivity index is 1.72. The van der Waals surface area contributed by atoms with Crippen molar-refractivity contribution >= 4 is 8.32 Å². The minimum atomic E-state index is -2.19. The maximum absolute atomic E-state index is 11.2. The Kier molecular flexibility index (Phi) is 9.01. The molecule has 0 amide bonds. The Labute approximate surface area is 205 Å². The molecule has 0 radical (unpaired) electrons. The smallest absolute Gasteiger partial charge is 0.200 e. The van der Waals surface area contributed by atoms with Crippen molar-refractivity contribution in [3.05, 3.63) is 35.9 Å². The molecule has 0 aromatic heterocycles. The quantitative estimate of drug-likeness (QED) is 0.440. The molecule has 194 valence electrons. The van der Waals surface area contributed by atoms with Gasteiger partial charge in [0.1, 0.15) is 30.5 Å². The first-order valence-electron chi connectivity index (χ1n) is 12.6. The molecule has 0 aliphatic carbocycles. The number of aliphatic hydroxyl groups is 2. The Morgan fingerprint density at radius 3 is 2.09 bits per heavy atom. The fraction of sp³-hybridized carbons (Fsp3) is 0.769. The minimum absolute atomic E-state index is 0.0513. The van der Waals surface area contributed by atoms with E-state index in [1.807, 2.05) is 44.2 Å². The van der Waals surface area contributed by atoms with Gasteiger partial charge in [-0.25, -0.2) is 0 Å². The molecule has 2 heterocycles. The summed E-state index contributed by atoms with van der Waals surface area (Å²) in [6, 6.07) is 9.81. The van der Waals surface area contributed by atoms with Crippen molar-refractivity contribution in [1.82, 2.24) is 0 Å². The van der Waals surface area contributed by atoms with Crippen LogP contribution in [0.2, 0.25) is 16.6 Å². The lowest BCUT2D eigenvalue weighted by molar-refractivity contribution is -0.237. The van der Waals surface area contributed by atoms with Crippen LogP contribution in [-0.4, -0.2) is 67.7 Å². The fourth-order valence-corrected chi connectivity index (χ4v) is 11.2. The number of hydrogen-bond donors (Lipinski definition) is 2. The number of rotatable bonds is 11. The van der Waals surface area contributed by atoms with Crippen molar-refractivity contribution in [2.24, 2.45) is 0 Å². The molecule has 7 nitrogen and oxygen atoms in total. The van der Waals surface area contributed by atoms with E-state index >= 15 is 0 Å². The third kappa shape index (κ3) is 5.76. The van der Waals surface area contributed by atoms with Crippen molar-refractivity contribution < 1.29 is 33.6 Å². The van der Waals surface area contributed by atoms with Gasteiger partial charge in [0.2, 0.25) is 0 Å². The molecule has 0 unspecified atom stereocenters. The Hall–Kier alpha value is -0.843. The summed E-state index contributed by atoms with van der Waals surface area (Å²) in [4.78, 5) is 0. The summed E-state index contributed by atoms with van der Waals surface area (Å²) in [6.07, 6.45) is -4.90. The van der Waals surface area contributed by atoms with Gasteiger partial charge < -0.3 is 33.6 Å². The number of aliphatic hydroxyl groups excluding tert-OH is 2. The molecule has 2 aliphatic rings. The average Bonchev–Trinajstić information content (AvgIpc) is 3.23. The Morgan fingerprint density at radius 1 is 0.941 bits per heavy atom. The zero-order valence-electron chi connectivity index (χ0n) is 21.9. The number of benzene rings is 1. The van der Waals surface area contributed by atoms with Gasteiger partial charge in [0.05, 0.1) is 13.2 Å². The number of fused-ring (bicyclic) bond motifs is 1. The molecule has 0 bridgehead atoms. The molecule has 3 rings (SSSR count). The molecule has 8 heteroatoms. The molecular formula is C26H44O7Si. The molecule has 2 saturated heterocycles. The molecule has 2 N–H and O–H groups in total. The van der Waals surface area contributed by atoms with Gasteiger partial charge in [-0.3, -0.25) is 0 Å². The van der Waals surface area contributed by atoms with E-state index < -0.39 is 50.9 Å². The van der Waals surface area contributed by atoms with E-state index in [2.05, 4.69) is 41.5 Å². The van der Waals surface area contributed by atoms with E-state index in [-0.39, 0.29) is 6.61 Å². The fourth-order valence-electron chi connectivity index (χ4n) is 5.78. The van der Waals surface area contributed by atoms with Gasteiger partial charge >= 0.3 is 0 Å². The van der Waals surface area contributed by atoms with Crippen LogP contribution in [0.4, 0.5) is 0 Å². The van der Waals surface area contributed by atoms with E-state index in [0.29, 0.717) is 23.2 Å². The third-order valence-corrected chi connectivity index (χ3v) is 13.3. The highest BCUT2D eigenvalue weighted by molar-refractivity contribution is 6.77. The Bertz CT molecular complexity index is 748. The lowest BCUT2D eigenvalue weighted by atomic mass is 10.0. The first-order chi connectivity index (χ1) is 15.9. The Morgan fingerprint density at radius 2 is 1.53 bits per heavy atom. The van der Waals surface area contributed by atoms with Crippen LogP contribution in [0, 0.1) is 0 Å². The van der Waals surface area contributed by atoms with Gasteiger partial charge in [0, 0.05) is 0 Å². The van der Waals surface area contributed by atoms with Gasteiger partial charge in [-0.15, -0.1) is 0 Å². The van der Waals surface area contributed by atoms with Crippen molar-refractivity contribution in [2.45, 2.75) is 121 Å². The summed E-state index contributed by atoms with van der Waals surface area (Å²) in [6.45, 7) is 17.2. The maximum atomic E-state index is 11.2. The standard InChI is InChI=1S/C26H44O7Si/c1-16(2)34(17(3)4,18(5)6)30-15-20(27)21(28)22-23(29-14-19-12-10-9-11-13-19)24-25(31-22)33-26(7,8)32-24/h9-13,16-18,20-25,27-28H,14-15H2,1-8H3/t20-,21-,22-,23+,24-,25-/m1/s1. The van der Waals surface area contributed by atoms with E-state index in [9.17, 15) is 10.2 Å². The first kappa shape index (κ1) is 27.7. The normalized spacial score (nSPS) is 28.6. The molecule has 34 heavy (non-hydrogen) atoms. The minimum Gasteiger partial charge on any atom is -0.413 e. The summed E-state index contributed by atoms with van der Waals surface area (Å²) >= 11 is 0. The average molecular weight is 497 g/mol. The lowest BCUT2D eigenvalue weighted by Gasteiger charge is -2.43. The molecule has 2 aliphatic heterocycles. The van der Waals surface area contributed by atoms with E-state index in [0.717, 1.165) is 5.56 Å². The second-order valence-corrected chi connectivity index (χ2v) is 16.5. The van der Waals surface area contributed by atoms with E-state index in [4.69, 9.17) is 23.4 Å². The molecular weight excluding hydrogens is 452 g/mol. The summed E-state index contributed by atoms with van der Waals surface area (Å²) < 4.78 is 30.7. The molecule has 0 spiro atoms. The van der Waals surface area contributed by atoms with Crippen LogP contribution in [0.15, 0.2) is 30.3 Å². The van der Waals surface area contributed by atoms with Gasteiger partial charge in [-0.2, -0.15) is 0 Å². The predicted octanol–water partition coefficient (Wildman–Crippen LogP) is 4.36. The maximum Gasteiger partial charge on any atom is 0.200 e. The highest BCUT2D eigenvalue weighted by Crippen LogP contribution is 2.43. The van der Waals surface area contributed by atoms with E-state index in [1.54, 1.807) is 0 Å². The molecule has 6 atom stereocenters. The van der Waals surface area contributed by atoms with Crippen molar-refractivity contribution in [3.8, 4) is 0 Å². The number of hydrogen-bond acceptors (Lipinski definition) is 7. The van der Waals surface area contributed by atoms with Gasteiger partial charge in [-0.1, -0.05) is 71.9 Å². The second kappa shape index (κ2) is 11.0. The summed E-state index contributed by atoms with van der Waals surface area (Å²) in [7, 11) is -2.19. The summed E-state index contributed by atoms with van der Waals surface area (Å²) in [5.74, 6) is -0.807. The van der Waals surface area contributed by atoms with Gasteiger partial charge in [0.25, 0.3) is 0 Å². The first-order valence-corrected chi connectivity index (χ1v) is 14.7. The number of ether oxygens (including phenoxy) is 4. The van der Waals surface area contributed by atoms with Crippen molar-refractivity contribution in [3.63, 3.8) is 0 Å². The van der Waals surface area contributed by atoms with Gasteiger partial charge in [-0.05, 0) is 36.0 Å². The monoisotopic (exact) mass is 496 g/mol. The zero-order chi connectivity index (χ0) is 25.3. The second-order valence-electron chi connectivity index (χ2n) is 11.0. The zero-order valence-corrected chi connectivity index (χ0v) is 22.9. The highest BCUT2D eigenvalue weighted by atomic mass is 28.4. The van der Waals surface area contributed by atoms with Crippen LogP contribution < -0.4 is 0 Å². The van der Waals surface area contributed by atoms with Gasteiger partial charge in [0.15, 0.2) is 20.4 Å². The third-order valence-electron chi connectivity index (χ3n) is 7.25. The van der Waals surface area contributed by atoms with Crippen LogP contribution in [-0.2, 0) is 30.0 Å². The predicted molar refractivity (Wildman–Crippen MR) is 133 cm³/mol. The van der Waals surface area contributed by atoms with Crippen LogP contribution in [0.25, 0.3) is 0 Å². The van der Waals surface area contributed by atoms with Crippen molar-refractivity contribution in [2.75, 3.05) is 6.61 Å². The van der Waals surface area contributed by atoms with Crippen LogP contribution in [0.5, 0.6) is 0 Å².